The highest BCUT2D eigenvalue weighted by molar-refractivity contribution is 7.47. The van der Waals surface area contributed by atoms with Crippen LogP contribution in [0.4, 0.5) is 0 Å². The molecule has 0 bridgehead atoms. The Morgan fingerprint density at radius 1 is 0.430 bits per heavy atom. The number of amides is 1. The number of likely N-dealkylation sites (N-methyl/N-ethyl adjacent to an activating group) is 1. The molecule has 79 heavy (non-hydrogen) atoms. The average molecular weight is 1130 g/mol. The van der Waals surface area contributed by atoms with Crippen LogP contribution >= 0.6 is 7.82 Å². The lowest BCUT2D eigenvalue weighted by molar-refractivity contribution is -0.870. The van der Waals surface area contributed by atoms with Gasteiger partial charge in [-0.25, -0.2) is 4.57 Å². The Balaban J connectivity index is 4.95. The van der Waals surface area contributed by atoms with Crippen molar-refractivity contribution in [1.29, 1.82) is 0 Å². The van der Waals surface area contributed by atoms with Crippen molar-refractivity contribution in [2.75, 3.05) is 40.9 Å². The van der Waals surface area contributed by atoms with E-state index < -0.39 is 20.0 Å². The van der Waals surface area contributed by atoms with Crippen LogP contribution in [0.5, 0.6) is 0 Å². The van der Waals surface area contributed by atoms with Crippen molar-refractivity contribution in [3.8, 4) is 0 Å². The normalized spacial score (nSPS) is 13.8. The van der Waals surface area contributed by atoms with Gasteiger partial charge in [0.2, 0.25) is 5.91 Å². The highest BCUT2D eigenvalue weighted by atomic mass is 31.2. The lowest BCUT2D eigenvalue weighted by atomic mass is 10.0. The maximum atomic E-state index is 13.5. The first-order chi connectivity index (χ1) is 38.4. The van der Waals surface area contributed by atoms with Crippen molar-refractivity contribution in [3.63, 3.8) is 0 Å². The van der Waals surface area contributed by atoms with Gasteiger partial charge in [0.05, 0.1) is 33.8 Å². The van der Waals surface area contributed by atoms with Crippen LogP contribution in [-0.4, -0.2) is 74.3 Å². The summed E-state index contributed by atoms with van der Waals surface area (Å²) in [6.07, 6.45) is 73.0. The second-order valence-electron chi connectivity index (χ2n) is 24.7. The number of nitrogens with zero attached hydrogens (tertiary/aromatic N) is 1. The molecule has 0 aliphatic rings. The molecule has 3 atom stereocenters. The lowest BCUT2D eigenvalue weighted by Gasteiger charge is -2.27. The van der Waals surface area contributed by atoms with E-state index in [9.17, 15) is 19.0 Å². The standard InChI is InChI=1S/C69H133N2O7P/c1-7-10-13-16-19-22-25-27-29-30-31-32-33-34-35-36-37-38-39-40-42-44-47-50-53-56-59-62-69(73)78-67(60-57-54-51-48-45-24-21-18-15-12-9-3)66(65-77-79(74,75)76-64-63-71(4,5)6)70-68(72)61-58-55-52-49-46-43-41-28-26-23-20-17-14-11-8-2/h23,26-27,29,57,60,66-67H,7-22,24-25,28,30-56,58-59,61-65H2,1-6H3,(H-,70,72,74,75)/p+1/b26-23-,29-27+,60-57-. The topological polar surface area (TPSA) is 111 Å². The van der Waals surface area contributed by atoms with Gasteiger partial charge >= 0.3 is 13.8 Å². The van der Waals surface area contributed by atoms with E-state index >= 15 is 0 Å². The summed E-state index contributed by atoms with van der Waals surface area (Å²) >= 11 is 0. The number of carbonyl (C=O) groups is 2. The number of quaternary nitrogens is 1. The summed E-state index contributed by atoms with van der Waals surface area (Å²) in [7, 11) is 1.51. The molecule has 1 amide bonds. The summed E-state index contributed by atoms with van der Waals surface area (Å²) in [5, 5.41) is 3.06. The molecule has 0 radical (unpaired) electrons. The van der Waals surface area contributed by atoms with Crippen LogP contribution in [0.25, 0.3) is 0 Å². The number of nitrogens with one attached hydrogen (secondary N) is 1. The number of rotatable bonds is 63. The van der Waals surface area contributed by atoms with Crippen molar-refractivity contribution in [2.45, 2.75) is 354 Å². The molecule has 0 aliphatic heterocycles. The van der Waals surface area contributed by atoms with E-state index in [1.807, 2.05) is 33.3 Å². The molecular formula is C69H134N2O7P+. The first-order valence-electron chi connectivity index (χ1n) is 34.3. The van der Waals surface area contributed by atoms with Gasteiger partial charge in [-0.15, -0.1) is 0 Å². The largest absolute Gasteiger partial charge is 0.472 e. The minimum Gasteiger partial charge on any atom is -0.456 e. The number of carbonyl (C=O) groups excluding carboxylic acids is 2. The minimum atomic E-state index is -4.45. The maximum absolute atomic E-state index is 13.5. The Hall–Kier alpha value is -1.77. The number of phosphoric acid groups is 1. The van der Waals surface area contributed by atoms with Crippen LogP contribution in [0, 0.1) is 0 Å². The van der Waals surface area contributed by atoms with Crippen LogP contribution in [0.3, 0.4) is 0 Å². The SMILES string of the molecule is CCCCCC/C=C\CCCCCCCCCC(=O)NC(COP(=O)(O)OCC[N+](C)(C)C)C(/C=C\CCCCCCCCCCC)OC(=O)CCCCCCCCCCCCCCCCCCC/C=C/CCCCCCCC. The number of unbranched alkanes of at least 4 members (excludes halogenated alkanes) is 43. The zero-order chi connectivity index (χ0) is 57.9. The van der Waals surface area contributed by atoms with Gasteiger partial charge in [0.1, 0.15) is 19.3 Å². The van der Waals surface area contributed by atoms with Gasteiger partial charge in [-0.1, -0.05) is 282 Å². The number of hydrogen-bond donors (Lipinski definition) is 2. The molecule has 0 aromatic rings. The van der Waals surface area contributed by atoms with Crippen molar-refractivity contribution in [3.05, 3.63) is 36.5 Å². The first kappa shape index (κ1) is 77.2. The Kier molecular flexibility index (Phi) is 58.1. The molecule has 0 rings (SSSR count). The first-order valence-corrected chi connectivity index (χ1v) is 35.8. The molecule has 10 heteroatoms. The van der Waals surface area contributed by atoms with Gasteiger partial charge in [-0.3, -0.25) is 18.6 Å². The zero-order valence-corrected chi connectivity index (χ0v) is 54.3. The molecule has 0 aliphatic carbocycles. The second-order valence-corrected chi connectivity index (χ2v) is 26.1. The molecule has 0 fully saturated rings. The van der Waals surface area contributed by atoms with E-state index in [0.29, 0.717) is 23.9 Å². The average Bonchev–Trinajstić information content (AvgIpc) is 3.41. The molecule has 466 valence electrons. The monoisotopic (exact) mass is 1130 g/mol. The predicted octanol–water partition coefficient (Wildman–Crippen LogP) is 21.5. The number of hydrogen-bond acceptors (Lipinski definition) is 6. The third kappa shape index (κ3) is 60.6. The summed E-state index contributed by atoms with van der Waals surface area (Å²) < 4.78 is 30.7. The summed E-state index contributed by atoms with van der Waals surface area (Å²) in [6, 6.07) is -0.847. The van der Waals surface area contributed by atoms with Gasteiger partial charge in [-0.2, -0.15) is 0 Å². The summed E-state index contributed by atoms with van der Waals surface area (Å²) in [5.74, 6) is -0.495. The van der Waals surface area contributed by atoms with Gasteiger partial charge in [0.25, 0.3) is 0 Å². The van der Waals surface area contributed by atoms with Gasteiger partial charge in [0.15, 0.2) is 0 Å². The summed E-state index contributed by atoms with van der Waals surface area (Å²) in [5.41, 5.74) is 0. The number of allylic oxidation sites excluding steroid dienone is 5. The third-order valence-corrected chi connectivity index (χ3v) is 16.5. The van der Waals surface area contributed by atoms with Crippen LogP contribution in [-0.2, 0) is 27.9 Å². The van der Waals surface area contributed by atoms with Crippen molar-refractivity contribution >= 4 is 19.7 Å². The Bertz CT molecular complexity index is 1450. The number of esters is 1. The molecule has 0 heterocycles. The molecule has 0 saturated heterocycles. The summed E-state index contributed by atoms with van der Waals surface area (Å²) in [6.45, 7) is 7.03. The molecule has 3 unspecified atom stereocenters. The van der Waals surface area contributed by atoms with E-state index in [4.69, 9.17) is 13.8 Å². The molecule has 0 spiro atoms. The molecular weight excluding hydrogens is 1000 g/mol. The van der Waals surface area contributed by atoms with Crippen LogP contribution in [0.1, 0.15) is 342 Å². The van der Waals surface area contributed by atoms with E-state index in [1.54, 1.807) is 0 Å². The molecule has 9 nitrogen and oxygen atoms in total. The van der Waals surface area contributed by atoms with Crippen molar-refractivity contribution in [2.24, 2.45) is 0 Å². The van der Waals surface area contributed by atoms with Crippen LogP contribution in [0.15, 0.2) is 36.5 Å². The Morgan fingerprint density at radius 2 is 0.734 bits per heavy atom. The molecule has 2 N–H and O–H groups in total. The number of phosphoric ester groups is 1. The quantitative estimate of drug-likeness (QED) is 0.0205. The fourth-order valence-electron chi connectivity index (χ4n) is 10.2. The van der Waals surface area contributed by atoms with Gasteiger partial charge in [0, 0.05) is 12.8 Å². The Labute approximate surface area is 491 Å². The van der Waals surface area contributed by atoms with Crippen LogP contribution < -0.4 is 5.32 Å². The molecule has 0 saturated carbocycles. The highest BCUT2D eigenvalue weighted by Crippen LogP contribution is 2.43. The third-order valence-electron chi connectivity index (χ3n) is 15.6. The smallest absolute Gasteiger partial charge is 0.456 e. The fourth-order valence-corrected chi connectivity index (χ4v) is 11.0. The summed E-state index contributed by atoms with van der Waals surface area (Å²) in [4.78, 5) is 37.8. The molecule has 0 aromatic carbocycles. The van der Waals surface area contributed by atoms with E-state index in [-0.39, 0.29) is 25.1 Å². The fraction of sp³-hybridized carbons (Fsp3) is 0.884. The zero-order valence-electron chi connectivity index (χ0n) is 53.4. The highest BCUT2D eigenvalue weighted by Gasteiger charge is 2.30. The second kappa shape index (κ2) is 59.4. The maximum Gasteiger partial charge on any atom is 0.472 e. The van der Waals surface area contributed by atoms with Crippen molar-refractivity contribution in [1.82, 2.24) is 5.32 Å². The lowest BCUT2D eigenvalue weighted by Crippen LogP contribution is -2.47. The van der Waals surface area contributed by atoms with Crippen LogP contribution in [0.2, 0.25) is 0 Å². The van der Waals surface area contributed by atoms with Gasteiger partial charge < -0.3 is 19.4 Å². The Morgan fingerprint density at radius 3 is 1.09 bits per heavy atom. The van der Waals surface area contributed by atoms with E-state index in [0.717, 1.165) is 64.2 Å². The van der Waals surface area contributed by atoms with Gasteiger partial charge in [-0.05, 0) is 83.1 Å². The molecule has 0 aromatic heterocycles. The minimum absolute atomic E-state index is 0.0418. The van der Waals surface area contributed by atoms with Crippen molar-refractivity contribution < 1.29 is 37.3 Å². The van der Waals surface area contributed by atoms with E-state index in [2.05, 4.69) is 50.4 Å². The van der Waals surface area contributed by atoms with E-state index in [1.165, 1.54) is 244 Å². The number of ether oxygens (including phenoxy) is 1. The predicted molar refractivity (Wildman–Crippen MR) is 342 cm³/mol.